The number of thioether (sulfide) groups is 1. The summed E-state index contributed by atoms with van der Waals surface area (Å²) in [6.45, 7) is 3.22. The first-order valence-electron chi connectivity index (χ1n) is 6.40. The number of benzene rings is 1. The second-order valence-electron chi connectivity index (χ2n) is 4.53. The van der Waals surface area contributed by atoms with Gasteiger partial charge in [-0.3, -0.25) is 0 Å². The van der Waals surface area contributed by atoms with Crippen LogP contribution in [0.1, 0.15) is 24.1 Å². The van der Waals surface area contributed by atoms with E-state index in [4.69, 9.17) is 0 Å². The maximum atomic E-state index is 3.65. The fourth-order valence-electron chi connectivity index (χ4n) is 2.61. The van der Waals surface area contributed by atoms with Crippen LogP contribution in [0.25, 0.3) is 0 Å². The molecule has 3 heteroatoms. The molecule has 0 radical (unpaired) electrons. The first-order valence-corrected chi connectivity index (χ1v) is 8.15. The third kappa shape index (κ3) is 2.35. The molecule has 2 unspecified atom stereocenters. The lowest BCUT2D eigenvalue weighted by atomic mass is 10.1. The highest BCUT2D eigenvalue weighted by Crippen LogP contribution is 2.42. The molecule has 0 saturated heterocycles. The Morgan fingerprint density at radius 3 is 2.94 bits per heavy atom. The number of thiophene rings is 1. The van der Waals surface area contributed by atoms with Crippen molar-refractivity contribution < 1.29 is 0 Å². The van der Waals surface area contributed by atoms with E-state index in [0.717, 1.165) is 6.54 Å². The Balaban J connectivity index is 1.83. The topological polar surface area (TPSA) is 12.0 Å². The van der Waals surface area contributed by atoms with Crippen molar-refractivity contribution in [1.82, 2.24) is 5.32 Å². The van der Waals surface area contributed by atoms with Gasteiger partial charge >= 0.3 is 0 Å². The molecular weight excluding hydrogens is 258 g/mol. The van der Waals surface area contributed by atoms with Crippen LogP contribution in [0.3, 0.4) is 0 Å². The Labute approximate surface area is 117 Å². The Bertz CT molecular complexity index is 505. The van der Waals surface area contributed by atoms with Gasteiger partial charge in [0.2, 0.25) is 0 Å². The van der Waals surface area contributed by atoms with E-state index in [0.29, 0.717) is 11.3 Å². The summed E-state index contributed by atoms with van der Waals surface area (Å²) < 4.78 is 1.43. The van der Waals surface area contributed by atoms with E-state index in [1.54, 1.807) is 0 Å². The van der Waals surface area contributed by atoms with E-state index >= 15 is 0 Å². The minimum absolute atomic E-state index is 0.498. The van der Waals surface area contributed by atoms with Crippen molar-refractivity contribution in [2.75, 3.05) is 6.54 Å². The fourth-order valence-corrected chi connectivity index (χ4v) is 4.91. The summed E-state index contributed by atoms with van der Waals surface area (Å²) >= 11 is 3.86. The van der Waals surface area contributed by atoms with Crippen LogP contribution in [-0.2, 0) is 6.42 Å². The Hall–Kier alpha value is -0.770. The number of fused-ring (bicyclic) bond motifs is 1. The van der Waals surface area contributed by atoms with Crippen LogP contribution in [0.2, 0.25) is 0 Å². The summed E-state index contributed by atoms with van der Waals surface area (Å²) in [5, 5.41) is 6.43. The van der Waals surface area contributed by atoms with Gasteiger partial charge in [-0.05, 0) is 35.5 Å². The maximum absolute atomic E-state index is 3.65. The molecule has 18 heavy (non-hydrogen) atoms. The van der Waals surface area contributed by atoms with Gasteiger partial charge in [0.15, 0.2) is 0 Å². The van der Waals surface area contributed by atoms with Crippen LogP contribution in [0.5, 0.6) is 0 Å². The Kier molecular flexibility index (Phi) is 3.73. The Morgan fingerprint density at radius 2 is 2.17 bits per heavy atom. The van der Waals surface area contributed by atoms with Gasteiger partial charge in [-0.1, -0.05) is 37.3 Å². The highest BCUT2D eigenvalue weighted by Gasteiger charge is 2.32. The van der Waals surface area contributed by atoms with Gasteiger partial charge in [0.05, 0.1) is 4.21 Å². The molecule has 0 aliphatic heterocycles. The molecular formula is C15H17NS2. The molecule has 1 N–H and O–H groups in total. The lowest BCUT2D eigenvalue weighted by Gasteiger charge is -2.20. The van der Waals surface area contributed by atoms with Crippen molar-refractivity contribution in [3.05, 3.63) is 52.9 Å². The van der Waals surface area contributed by atoms with Crippen molar-refractivity contribution in [3.63, 3.8) is 0 Å². The van der Waals surface area contributed by atoms with Crippen LogP contribution in [0, 0.1) is 0 Å². The molecule has 0 bridgehead atoms. The molecule has 1 aliphatic rings. The average molecular weight is 275 g/mol. The standard InChI is InChI=1S/C15H17NS2/c1-2-16-15-12-7-4-3-6-11(12)10-13(15)18-14-8-5-9-17-14/h3-9,13,15-16H,2,10H2,1H3. The van der Waals surface area contributed by atoms with Crippen LogP contribution in [0.15, 0.2) is 46.0 Å². The SMILES string of the molecule is CCNC1c2ccccc2CC1Sc1cccs1. The maximum Gasteiger partial charge on any atom is 0.0601 e. The number of hydrogen-bond acceptors (Lipinski definition) is 3. The van der Waals surface area contributed by atoms with Crippen LogP contribution in [-0.4, -0.2) is 11.8 Å². The monoisotopic (exact) mass is 275 g/mol. The van der Waals surface area contributed by atoms with E-state index in [1.807, 2.05) is 23.1 Å². The van der Waals surface area contributed by atoms with Gasteiger partial charge in [-0.2, -0.15) is 0 Å². The van der Waals surface area contributed by atoms with Gasteiger partial charge in [0.25, 0.3) is 0 Å². The summed E-state index contributed by atoms with van der Waals surface area (Å²) in [6.07, 6.45) is 1.18. The van der Waals surface area contributed by atoms with Crippen LogP contribution < -0.4 is 5.32 Å². The van der Waals surface area contributed by atoms with E-state index in [9.17, 15) is 0 Å². The molecule has 0 spiro atoms. The third-order valence-corrected chi connectivity index (χ3v) is 5.72. The fraction of sp³-hybridized carbons (Fsp3) is 0.333. The highest BCUT2D eigenvalue weighted by atomic mass is 32.2. The second kappa shape index (κ2) is 5.47. The minimum atomic E-state index is 0.498. The molecule has 1 nitrogen and oxygen atoms in total. The van der Waals surface area contributed by atoms with Crippen LogP contribution >= 0.6 is 23.1 Å². The van der Waals surface area contributed by atoms with Crippen molar-refractivity contribution in [2.24, 2.45) is 0 Å². The molecule has 2 atom stereocenters. The molecule has 1 heterocycles. The zero-order chi connectivity index (χ0) is 12.4. The van der Waals surface area contributed by atoms with Gasteiger partial charge in [0.1, 0.15) is 0 Å². The average Bonchev–Trinajstić information content (AvgIpc) is 3.00. The predicted molar refractivity (Wildman–Crippen MR) is 80.5 cm³/mol. The summed E-state index contributed by atoms with van der Waals surface area (Å²) in [5.41, 5.74) is 3.01. The molecule has 0 fully saturated rings. The van der Waals surface area contributed by atoms with E-state index in [-0.39, 0.29) is 0 Å². The molecule has 0 saturated carbocycles. The van der Waals surface area contributed by atoms with Gasteiger partial charge < -0.3 is 5.32 Å². The first-order chi connectivity index (χ1) is 8.88. The van der Waals surface area contributed by atoms with Gasteiger partial charge in [0, 0.05) is 11.3 Å². The lowest BCUT2D eigenvalue weighted by Crippen LogP contribution is -2.26. The molecule has 1 aromatic carbocycles. The molecule has 94 valence electrons. The van der Waals surface area contributed by atoms with Crippen molar-refractivity contribution in [3.8, 4) is 0 Å². The molecule has 0 amide bonds. The van der Waals surface area contributed by atoms with Crippen molar-refractivity contribution >= 4 is 23.1 Å². The first kappa shape index (κ1) is 12.3. The number of nitrogens with one attached hydrogen (secondary N) is 1. The lowest BCUT2D eigenvalue weighted by molar-refractivity contribution is 0.560. The predicted octanol–water partition coefficient (Wildman–Crippen LogP) is 4.12. The zero-order valence-electron chi connectivity index (χ0n) is 10.4. The molecule has 3 rings (SSSR count). The molecule has 2 aromatic rings. The third-order valence-electron chi connectivity index (χ3n) is 3.37. The van der Waals surface area contributed by atoms with Gasteiger partial charge in [-0.15, -0.1) is 23.1 Å². The van der Waals surface area contributed by atoms with E-state index < -0.39 is 0 Å². The Morgan fingerprint density at radius 1 is 1.28 bits per heavy atom. The summed E-state index contributed by atoms with van der Waals surface area (Å²) in [6, 6.07) is 13.7. The number of hydrogen-bond donors (Lipinski definition) is 1. The normalized spacial score (nSPS) is 22.1. The number of rotatable bonds is 4. The summed E-state index contributed by atoms with van der Waals surface area (Å²) in [5.74, 6) is 0. The van der Waals surface area contributed by atoms with Gasteiger partial charge in [-0.25, -0.2) is 0 Å². The minimum Gasteiger partial charge on any atom is -0.309 e. The van der Waals surface area contributed by atoms with Crippen molar-refractivity contribution in [1.29, 1.82) is 0 Å². The van der Waals surface area contributed by atoms with E-state index in [1.165, 1.54) is 21.8 Å². The molecule has 1 aliphatic carbocycles. The summed E-state index contributed by atoms with van der Waals surface area (Å²) in [7, 11) is 0. The van der Waals surface area contributed by atoms with E-state index in [2.05, 4.69) is 54.0 Å². The molecule has 1 aromatic heterocycles. The largest absolute Gasteiger partial charge is 0.309 e. The highest BCUT2D eigenvalue weighted by molar-refractivity contribution is 8.01. The zero-order valence-corrected chi connectivity index (χ0v) is 12.1. The van der Waals surface area contributed by atoms with Crippen molar-refractivity contribution in [2.45, 2.75) is 28.8 Å². The second-order valence-corrected chi connectivity index (χ2v) is 7.01. The quantitative estimate of drug-likeness (QED) is 0.901. The smallest absolute Gasteiger partial charge is 0.0601 e. The van der Waals surface area contributed by atoms with Crippen LogP contribution in [0.4, 0.5) is 0 Å². The summed E-state index contributed by atoms with van der Waals surface area (Å²) in [4.78, 5) is 0.